The summed E-state index contributed by atoms with van der Waals surface area (Å²) < 4.78 is 0.482. The molecule has 0 aliphatic carbocycles. The molecule has 2 N–H and O–H groups in total. The molecule has 9 nitrogen and oxygen atoms in total. The summed E-state index contributed by atoms with van der Waals surface area (Å²) in [5.41, 5.74) is 0.356. The molecule has 4 aromatic rings. The highest BCUT2D eigenvalue weighted by atomic mass is 32.2. The fraction of sp³-hybridized carbons (Fsp3) is 0.0476. The number of amides is 2. The van der Waals surface area contributed by atoms with Crippen LogP contribution < -0.4 is 10.6 Å². The molecular weight excluding hydrogens is 450 g/mol. The second-order valence-corrected chi connectivity index (χ2v) is 8.67. The Kier molecular flexibility index (Phi) is 6.38. The molecule has 0 atom stereocenters. The third-order valence-electron chi connectivity index (χ3n) is 4.36. The molecule has 2 amide bonds. The number of nitrogens with zero attached hydrogens (tertiary/aromatic N) is 3. The van der Waals surface area contributed by atoms with Crippen LogP contribution in [-0.4, -0.2) is 32.7 Å². The quantitative estimate of drug-likeness (QED) is 0.177. The summed E-state index contributed by atoms with van der Waals surface area (Å²) in [7, 11) is 0. The number of aromatic nitrogens is 2. The zero-order valence-corrected chi connectivity index (χ0v) is 18.0. The number of carbonyl (C=O) groups is 2. The first-order valence-corrected chi connectivity index (χ1v) is 11.1. The van der Waals surface area contributed by atoms with Crippen LogP contribution in [-0.2, 0) is 4.79 Å². The Labute approximate surface area is 190 Å². The van der Waals surface area contributed by atoms with Gasteiger partial charge in [0, 0.05) is 17.1 Å². The van der Waals surface area contributed by atoms with Gasteiger partial charge in [0.25, 0.3) is 11.6 Å². The van der Waals surface area contributed by atoms with Crippen molar-refractivity contribution in [2.75, 3.05) is 16.4 Å². The molecule has 0 saturated heterocycles. The fourth-order valence-corrected chi connectivity index (χ4v) is 4.50. The second kappa shape index (κ2) is 9.54. The first kappa shape index (κ1) is 21.4. The minimum absolute atomic E-state index is 0.0728. The number of carbonyl (C=O) groups excluding carboxylic acids is 2. The van der Waals surface area contributed by atoms with Crippen molar-refractivity contribution < 1.29 is 14.5 Å². The predicted octanol–water partition coefficient (Wildman–Crippen LogP) is 4.58. The minimum Gasteiger partial charge on any atom is -0.325 e. The Balaban J connectivity index is 1.36. The number of nitrogens with one attached hydrogen (secondary N) is 2. The topological polar surface area (TPSA) is 127 Å². The summed E-state index contributed by atoms with van der Waals surface area (Å²) >= 11 is 2.26. The van der Waals surface area contributed by atoms with Crippen LogP contribution in [0.25, 0.3) is 10.8 Å². The van der Waals surface area contributed by atoms with Gasteiger partial charge in [0.1, 0.15) is 5.56 Å². The van der Waals surface area contributed by atoms with Gasteiger partial charge in [-0.3, -0.25) is 25.0 Å². The molecule has 0 fully saturated rings. The van der Waals surface area contributed by atoms with Gasteiger partial charge in [-0.1, -0.05) is 71.6 Å². The van der Waals surface area contributed by atoms with Crippen LogP contribution in [0.4, 0.5) is 16.5 Å². The maximum absolute atomic E-state index is 12.4. The van der Waals surface area contributed by atoms with E-state index in [2.05, 4.69) is 20.8 Å². The predicted molar refractivity (Wildman–Crippen MR) is 124 cm³/mol. The van der Waals surface area contributed by atoms with Crippen LogP contribution in [0.1, 0.15) is 10.4 Å². The maximum Gasteiger partial charge on any atom is 0.282 e. The Morgan fingerprint density at radius 3 is 2.56 bits per heavy atom. The first-order valence-electron chi connectivity index (χ1n) is 9.30. The monoisotopic (exact) mass is 465 g/mol. The molecule has 4 rings (SSSR count). The molecule has 0 radical (unpaired) electrons. The van der Waals surface area contributed by atoms with E-state index in [1.165, 1.54) is 36.0 Å². The number of rotatable bonds is 7. The summed E-state index contributed by atoms with van der Waals surface area (Å²) in [5.74, 6) is -0.749. The van der Waals surface area contributed by atoms with Crippen molar-refractivity contribution in [3.05, 3.63) is 82.4 Å². The average molecular weight is 466 g/mol. The Hall–Kier alpha value is -3.83. The molecule has 0 spiro atoms. The molecular formula is C21H15N5O4S2. The van der Waals surface area contributed by atoms with Crippen molar-refractivity contribution >= 4 is 62.2 Å². The number of para-hydroxylation sites is 1. The van der Waals surface area contributed by atoms with E-state index in [0.29, 0.717) is 4.34 Å². The van der Waals surface area contributed by atoms with Crippen LogP contribution in [0.2, 0.25) is 0 Å². The SMILES string of the molecule is O=C(CSc1nnc(NC(=O)c2ccccc2[N+](=O)[O-])s1)Nc1cccc2ccccc12. The van der Waals surface area contributed by atoms with Gasteiger partial charge in [0.2, 0.25) is 11.0 Å². The van der Waals surface area contributed by atoms with E-state index >= 15 is 0 Å². The van der Waals surface area contributed by atoms with Crippen molar-refractivity contribution in [3.63, 3.8) is 0 Å². The number of thioether (sulfide) groups is 1. The Morgan fingerprint density at radius 1 is 0.969 bits per heavy atom. The average Bonchev–Trinajstić information content (AvgIpc) is 3.25. The fourth-order valence-electron chi connectivity index (χ4n) is 2.96. The largest absolute Gasteiger partial charge is 0.325 e. The maximum atomic E-state index is 12.4. The van der Waals surface area contributed by atoms with Gasteiger partial charge in [-0.25, -0.2) is 0 Å². The van der Waals surface area contributed by atoms with Crippen molar-refractivity contribution in [1.82, 2.24) is 10.2 Å². The van der Waals surface area contributed by atoms with E-state index in [9.17, 15) is 19.7 Å². The number of hydrogen-bond acceptors (Lipinski definition) is 8. The number of nitro groups is 1. The minimum atomic E-state index is -0.654. The van der Waals surface area contributed by atoms with E-state index in [-0.39, 0.29) is 28.0 Å². The first-order chi connectivity index (χ1) is 15.5. The van der Waals surface area contributed by atoms with E-state index < -0.39 is 10.8 Å². The van der Waals surface area contributed by atoms with Gasteiger partial charge >= 0.3 is 0 Å². The van der Waals surface area contributed by atoms with Gasteiger partial charge in [-0.2, -0.15) is 0 Å². The number of anilines is 2. The van der Waals surface area contributed by atoms with E-state index in [1.54, 1.807) is 0 Å². The van der Waals surface area contributed by atoms with E-state index in [1.807, 2.05) is 42.5 Å². The lowest BCUT2D eigenvalue weighted by atomic mass is 10.1. The molecule has 0 unspecified atom stereocenters. The normalized spacial score (nSPS) is 10.6. The summed E-state index contributed by atoms with van der Waals surface area (Å²) in [4.78, 5) is 35.2. The van der Waals surface area contributed by atoms with Gasteiger partial charge in [-0.15, -0.1) is 10.2 Å². The molecule has 3 aromatic carbocycles. The lowest BCUT2D eigenvalue weighted by molar-refractivity contribution is -0.385. The van der Waals surface area contributed by atoms with Crippen molar-refractivity contribution in [2.45, 2.75) is 4.34 Å². The zero-order chi connectivity index (χ0) is 22.5. The van der Waals surface area contributed by atoms with Gasteiger partial charge in [0.15, 0.2) is 4.34 Å². The molecule has 0 bridgehead atoms. The highest BCUT2D eigenvalue weighted by Crippen LogP contribution is 2.28. The Morgan fingerprint density at radius 2 is 1.72 bits per heavy atom. The molecule has 1 heterocycles. The van der Waals surface area contributed by atoms with Gasteiger partial charge < -0.3 is 5.32 Å². The summed E-state index contributed by atoms with van der Waals surface area (Å²) in [6.07, 6.45) is 0. The lowest BCUT2D eigenvalue weighted by Gasteiger charge is -2.08. The molecule has 11 heteroatoms. The van der Waals surface area contributed by atoms with Crippen molar-refractivity contribution in [3.8, 4) is 0 Å². The van der Waals surface area contributed by atoms with E-state index in [4.69, 9.17) is 0 Å². The smallest absolute Gasteiger partial charge is 0.282 e. The van der Waals surface area contributed by atoms with Crippen LogP contribution in [0.5, 0.6) is 0 Å². The van der Waals surface area contributed by atoms with Crippen molar-refractivity contribution in [1.29, 1.82) is 0 Å². The van der Waals surface area contributed by atoms with Crippen LogP contribution in [0.15, 0.2) is 71.1 Å². The molecule has 0 aliphatic rings. The standard InChI is InChI=1S/C21H15N5O4S2/c27-18(22-16-10-5-7-13-6-1-2-8-14(13)16)12-31-21-25-24-20(32-21)23-19(28)15-9-3-4-11-17(15)26(29)30/h1-11H,12H2,(H,22,27)(H,23,24,28). The van der Waals surface area contributed by atoms with Crippen molar-refractivity contribution in [2.24, 2.45) is 0 Å². The third kappa shape index (κ3) is 4.90. The number of hydrogen-bond donors (Lipinski definition) is 2. The highest BCUT2D eigenvalue weighted by molar-refractivity contribution is 8.01. The highest BCUT2D eigenvalue weighted by Gasteiger charge is 2.20. The van der Waals surface area contributed by atoms with E-state index in [0.717, 1.165) is 27.8 Å². The van der Waals surface area contributed by atoms with Gasteiger partial charge in [-0.05, 0) is 17.5 Å². The summed E-state index contributed by atoms with van der Waals surface area (Å²) in [6, 6.07) is 19.1. The number of nitro benzene ring substituents is 1. The molecule has 1 aromatic heterocycles. The third-order valence-corrected chi connectivity index (χ3v) is 6.33. The number of fused-ring (bicyclic) bond motifs is 1. The molecule has 0 saturated carbocycles. The zero-order valence-electron chi connectivity index (χ0n) is 16.3. The summed E-state index contributed by atoms with van der Waals surface area (Å²) in [6.45, 7) is 0. The Bertz CT molecular complexity index is 1320. The lowest BCUT2D eigenvalue weighted by Crippen LogP contribution is -2.14. The summed E-state index contributed by atoms with van der Waals surface area (Å²) in [5, 5.41) is 26.5. The van der Waals surface area contributed by atoms with Crippen LogP contribution in [0.3, 0.4) is 0 Å². The second-order valence-electron chi connectivity index (χ2n) is 6.47. The van der Waals surface area contributed by atoms with Crippen LogP contribution >= 0.6 is 23.1 Å². The molecule has 0 aliphatic heterocycles. The van der Waals surface area contributed by atoms with Gasteiger partial charge in [0.05, 0.1) is 10.7 Å². The molecule has 160 valence electrons. The van der Waals surface area contributed by atoms with Crippen LogP contribution in [0, 0.1) is 10.1 Å². The number of benzene rings is 3. The molecule has 32 heavy (non-hydrogen) atoms.